The topological polar surface area (TPSA) is 155 Å². The highest BCUT2D eigenvalue weighted by molar-refractivity contribution is 7.96. The first-order valence-electron chi connectivity index (χ1n) is 12.4. The highest BCUT2D eigenvalue weighted by Crippen LogP contribution is 2.15. The van der Waals surface area contributed by atoms with Crippen LogP contribution in [0.5, 0.6) is 0 Å². The van der Waals surface area contributed by atoms with Crippen LogP contribution in [-0.2, 0) is 20.0 Å². The van der Waals surface area contributed by atoms with Crippen molar-refractivity contribution in [3.8, 4) is 11.8 Å². The fraction of sp³-hybridized carbons (Fsp3) is 0.259. The Morgan fingerprint density at radius 3 is 2.67 bits per heavy atom. The summed E-state index contributed by atoms with van der Waals surface area (Å²) in [7, 11) is 5.85. The number of hydrogen-bond donors (Lipinski definition) is 2. The summed E-state index contributed by atoms with van der Waals surface area (Å²) in [5, 5.41) is 8.57. The maximum absolute atomic E-state index is 13.2. The molecule has 40 heavy (non-hydrogen) atoms. The van der Waals surface area contributed by atoms with Crippen molar-refractivity contribution in [2.24, 2.45) is 12.8 Å². The zero-order valence-electron chi connectivity index (χ0n) is 22.7. The van der Waals surface area contributed by atoms with E-state index < -0.39 is 5.91 Å². The Bertz CT molecular complexity index is 1790. The Labute approximate surface area is 235 Å². The molecule has 0 unspecified atom stereocenters. The van der Waals surface area contributed by atoms with E-state index in [9.17, 15) is 9.59 Å². The minimum Gasteiger partial charge on any atom is -0.381 e. The van der Waals surface area contributed by atoms with Gasteiger partial charge in [0.25, 0.3) is 11.5 Å². The summed E-state index contributed by atoms with van der Waals surface area (Å²) in [6, 6.07) is 7.33. The van der Waals surface area contributed by atoms with E-state index in [0.29, 0.717) is 35.1 Å². The molecule has 4 heterocycles. The van der Waals surface area contributed by atoms with Crippen molar-refractivity contribution in [2.75, 3.05) is 25.6 Å². The van der Waals surface area contributed by atoms with Crippen LogP contribution in [0, 0.1) is 11.8 Å². The molecule has 206 valence electrons. The molecule has 0 aliphatic heterocycles. The van der Waals surface area contributed by atoms with Crippen molar-refractivity contribution in [1.82, 2.24) is 38.2 Å². The minimum absolute atomic E-state index is 0.0210. The van der Waals surface area contributed by atoms with Crippen molar-refractivity contribution in [3.05, 3.63) is 81.9 Å². The molecule has 0 aliphatic carbocycles. The Morgan fingerprint density at radius 2 is 2.00 bits per heavy atom. The van der Waals surface area contributed by atoms with Crippen molar-refractivity contribution in [2.45, 2.75) is 19.9 Å². The Balaban J connectivity index is 0.000000236. The number of carbonyl (C=O) groups excluding carboxylic acids is 1. The second kappa shape index (κ2) is 12.5. The molecule has 0 bridgehead atoms. The lowest BCUT2D eigenvalue weighted by molar-refractivity contribution is 0.100. The van der Waals surface area contributed by atoms with Crippen molar-refractivity contribution < 1.29 is 4.79 Å². The fourth-order valence-corrected chi connectivity index (χ4v) is 4.62. The standard InChI is InChI=1S/C20H23N5OS.C7H7N5O/c1-5-18-22-17-8-6-7-16(10-9-15-13-21-24(4)14-15)19(17)20(26)25(18)11-12-27-23(2)3;8-5-4(6(9)13)7-10-2-1-3-12(7)11-5/h6-8,13-14H,5,11-12H2,1-4H3;1-3H,(H2,8,11)(H2,9,13). The minimum atomic E-state index is -0.619. The molecule has 0 fully saturated rings. The number of benzene rings is 1. The van der Waals surface area contributed by atoms with E-state index in [1.165, 1.54) is 4.52 Å². The summed E-state index contributed by atoms with van der Waals surface area (Å²) >= 11 is 1.68. The molecule has 12 nitrogen and oxygen atoms in total. The van der Waals surface area contributed by atoms with Crippen LogP contribution in [0.4, 0.5) is 5.82 Å². The van der Waals surface area contributed by atoms with Crippen LogP contribution in [0.3, 0.4) is 0 Å². The maximum atomic E-state index is 13.2. The predicted octanol–water partition coefficient (Wildman–Crippen LogP) is 1.71. The number of anilines is 1. The largest absolute Gasteiger partial charge is 0.381 e. The van der Waals surface area contributed by atoms with Crippen LogP contribution >= 0.6 is 11.9 Å². The summed E-state index contributed by atoms with van der Waals surface area (Å²) in [5.41, 5.74) is 13.3. The SMILES string of the molecule is CCc1nc2cccc(C#Cc3cnn(C)c3)c2c(=O)n1CCSN(C)C.NC(=O)c1c(N)nn2cccnc12. The number of nitrogens with two attached hydrogens (primary N) is 2. The van der Waals surface area contributed by atoms with Crippen molar-refractivity contribution in [3.63, 3.8) is 0 Å². The Hall–Kier alpha value is -4.67. The van der Waals surface area contributed by atoms with Gasteiger partial charge >= 0.3 is 0 Å². The summed E-state index contributed by atoms with van der Waals surface area (Å²) in [5.74, 6) is 7.32. The van der Waals surface area contributed by atoms with E-state index in [0.717, 1.165) is 17.1 Å². The zero-order chi connectivity index (χ0) is 28.8. The van der Waals surface area contributed by atoms with Gasteiger partial charge < -0.3 is 11.5 Å². The summed E-state index contributed by atoms with van der Waals surface area (Å²) < 4.78 is 6.94. The molecule has 0 radical (unpaired) electrons. The van der Waals surface area contributed by atoms with E-state index in [1.807, 2.05) is 56.8 Å². The van der Waals surface area contributed by atoms with E-state index in [4.69, 9.17) is 16.5 Å². The Kier molecular flexibility index (Phi) is 8.83. The van der Waals surface area contributed by atoms with Gasteiger partial charge in [0.1, 0.15) is 11.4 Å². The molecular weight excluding hydrogens is 528 g/mol. The van der Waals surface area contributed by atoms with Crippen LogP contribution in [0.25, 0.3) is 16.6 Å². The smallest absolute Gasteiger partial charge is 0.262 e. The summed E-state index contributed by atoms with van der Waals surface area (Å²) in [6.07, 6.45) is 7.46. The number of carbonyl (C=O) groups is 1. The molecule has 1 amide bonds. The molecule has 0 saturated carbocycles. The number of aromatic nitrogens is 7. The third kappa shape index (κ3) is 6.31. The van der Waals surface area contributed by atoms with Gasteiger partial charge in [-0.05, 0) is 32.3 Å². The number of aryl methyl sites for hydroxylation is 2. The second-order valence-electron chi connectivity index (χ2n) is 8.85. The number of nitrogen functional groups attached to an aromatic ring is 1. The molecule has 5 rings (SSSR count). The van der Waals surface area contributed by atoms with Gasteiger partial charge in [0.15, 0.2) is 11.5 Å². The average Bonchev–Trinajstić information content (AvgIpc) is 3.50. The maximum Gasteiger partial charge on any atom is 0.262 e. The van der Waals surface area contributed by atoms with E-state index in [-0.39, 0.29) is 16.9 Å². The van der Waals surface area contributed by atoms with Gasteiger partial charge in [-0.2, -0.15) is 5.10 Å². The summed E-state index contributed by atoms with van der Waals surface area (Å²) in [4.78, 5) is 32.9. The fourth-order valence-electron chi connectivity index (χ4n) is 3.99. The van der Waals surface area contributed by atoms with Crippen molar-refractivity contribution in [1.29, 1.82) is 0 Å². The van der Waals surface area contributed by atoms with Gasteiger partial charge in [0.2, 0.25) is 0 Å². The first-order chi connectivity index (χ1) is 19.2. The number of amides is 1. The van der Waals surface area contributed by atoms with E-state index in [2.05, 4.69) is 27.0 Å². The van der Waals surface area contributed by atoms with Gasteiger partial charge in [-0.3, -0.25) is 23.1 Å². The molecule has 0 atom stereocenters. The molecule has 0 spiro atoms. The molecule has 0 saturated heterocycles. The molecule has 13 heteroatoms. The lowest BCUT2D eigenvalue weighted by Gasteiger charge is -2.14. The second-order valence-corrected chi connectivity index (χ2v) is 10.2. The van der Waals surface area contributed by atoms with E-state index >= 15 is 0 Å². The monoisotopic (exact) mass is 558 g/mol. The molecular formula is C27H30N10O2S. The molecule has 0 aliphatic rings. The predicted molar refractivity (Wildman–Crippen MR) is 157 cm³/mol. The van der Waals surface area contributed by atoms with Gasteiger partial charge in [-0.25, -0.2) is 14.5 Å². The van der Waals surface area contributed by atoms with Gasteiger partial charge in [-0.1, -0.05) is 36.8 Å². The number of nitrogens with zero attached hydrogens (tertiary/aromatic N) is 8. The van der Waals surface area contributed by atoms with Crippen molar-refractivity contribution >= 4 is 40.2 Å². The summed E-state index contributed by atoms with van der Waals surface area (Å²) in [6.45, 7) is 2.65. The van der Waals surface area contributed by atoms with Crippen LogP contribution in [0.2, 0.25) is 0 Å². The van der Waals surface area contributed by atoms with Crippen LogP contribution < -0.4 is 17.0 Å². The first-order valence-corrected chi connectivity index (χ1v) is 13.4. The lowest BCUT2D eigenvalue weighted by Crippen LogP contribution is -2.27. The lowest BCUT2D eigenvalue weighted by atomic mass is 10.1. The Morgan fingerprint density at radius 1 is 1.20 bits per heavy atom. The number of rotatable bonds is 6. The van der Waals surface area contributed by atoms with Gasteiger partial charge in [0.05, 0.1) is 22.7 Å². The average molecular weight is 559 g/mol. The molecule has 5 aromatic rings. The number of hydrogen-bond acceptors (Lipinski definition) is 9. The number of fused-ring (bicyclic) bond motifs is 2. The number of primary amides is 1. The van der Waals surface area contributed by atoms with E-state index in [1.54, 1.807) is 45.9 Å². The molecule has 1 aromatic carbocycles. The normalized spacial score (nSPS) is 10.8. The molecule has 4 aromatic heterocycles. The highest BCUT2D eigenvalue weighted by Gasteiger charge is 2.15. The third-order valence-electron chi connectivity index (χ3n) is 5.76. The van der Waals surface area contributed by atoms with Crippen LogP contribution in [-0.4, -0.2) is 64.0 Å². The third-order valence-corrected chi connectivity index (χ3v) is 6.64. The van der Waals surface area contributed by atoms with Gasteiger partial charge in [0, 0.05) is 49.9 Å². The quantitative estimate of drug-likeness (QED) is 0.234. The van der Waals surface area contributed by atoms with Crippen LogP contribution in [0.1, 0.15) is 34.2 Å². The zero-order valence-corrected chi connectivity index (χ0v) is 23.5. The van der Waals surface area contributed by atoms with Gasteiger partial charge in [-0.15, -0.1) is 5.10 Å². The highest BCUT2D eigenvalue weighted by atomic mass is 32.2. The molecule has 4 N–H and O–H groups in total. The first kappa shape index (κ1) is 28.3. The van der Waals surface area contributed by atoms with Crippen LogP contribution in [0.15, 0.2) is 53.8 Å².